The summed E-state index contributed by atoms with van der Waals surface area (Å²) in [6.45, 7) is 1.62. The van der Waals surface area contributed by atoms with Crippen molar-refractivity contribution in [2.45, 2.75) is 6.92 Å². The SMILES string of the molecule is Cc1c(-c2ccc(-c3ccc([O-])cc3F)cc2)nc2ccc(F)cc2c1C(=O)O. The normalized spacial score (nSPS) is 11.0. The van der Waals surface area contributed by atoms with Gasteiger partial charge in [-0.1, -0.05) is 36.4 Å². The van der Waals surface area contributed by atoms with Crippen LogP contribution < -0.4 is 5.11 Å². The number of carboxylic acids is 1. The van der Waals surface area contributed by atoms with Crippen LogP contribution in [0.4, 0.5) is 8.78 Å². The van der Waals surface area contributed by atoms with Crippen molar-refractivity contribution in [1.29, 1.82) is 0 Å². The summed E-state index contributed by atoms with van der Waals surface area (Å²) in [5.41, 5.74) is 2.72. The maximum absolute atomic E-state index is 14.1. The van der Waals surface area contributed by atoms with Crippen molar-refractivity contribution in [3.63, 3.8) is 0 Å². The summed E-state index contributed by atoms with van der Waals surface area (Å²) >= 11 is 0. The lowest BCUT2D eigenvalue weighted by Gasteiger charge is -2.13. The number of fused-ring (bicyclic) bond motifs is 1. The Morgan fingerprint density at radius 1 is 0.966 bits per heavy atom. The number of benzene rings is 3. The molecule has 0 radical (unpaired) electrons. The van der Waals surface area contributed by atoms with E-state index in [0.29, 0.717) is 33.5 Å². The van der Waals surface area contributed by atoms with Gasteiger partial charge in [-0.2, -0.15) is 0 Å². The highest BCUT2D eigenvalue weighted by molar-refractivity contribution is 6.05. The van der Waals surface area contributed by atoms with E-state index in [9.17, 15) is 23.8 Å². The van der Waals surface area contributed by atoms with Gasteiger partial charge in [0.15, 0.2) is 0 Å². The molecular formula is C23H14F2NO3-. The Morgan fingerprint density at radius 3 is 2.31 bits per heavy atom. The number of hydrogen-bond donors (Lipinski definition) is 1. The highest BCUT2D eigenvalue weighted by atomic mass is 19.1. The van der Waals surface area contributed by atoms with Crippen molar-refractivity contribution >= 4 is 16.9 Å². The maximum atomic E-state index is 14.1. The average molecular weight is 390 g/mol. The van der Waals surface area contributed by atoms with E-state index in [2.05, 4.69) is 4.98 Å². The number of halogens is 2. The Morgan fingerprint density at radius 2 is 1.66 bits per heavy atom. The summed E-state index contributed by atoms with van der Waals surface area (Å²) in [7, 11) is 0. The molecule has 0 fully saturated rings. The van der Waals surface area contributed by atoms with Crippen molar-refractivity contribution in [3.8, 4) is 28.1 Å². The molecule has 4 nitrogen and oxygen atoms in total. The van der Waals surface area contributed by atoms with Crippen LogP contribution in [0, 0.1) is 18.6 Å². The predicted octanol–water partition coefficient (Wildman–Crippen LogP) is 4.93. The summed E-state index contributed by atoms with van der Waals surface area (Å²) in [6.07, 6.45) is 0. The molecular weight excluding hydrogens is 376 g/mol. The highest BCUT2D eigenvalue weighted by Crippen LogP contribution is 2.32. The first-order chi connectivity index (χ1) is 13.8. The Hall–Kier alpha value is -3.80. The largest absolute Gasteiger partial charge is 0.872 e. The van der Waals surface area contributed by atoms with E-state index in [1.54, 1.807) is 31.2 Å². The van der Waals surface area contributed by atoms with E-state index in [1.165, 1.54) is 24.3 Å². The third kappa shape index (κ3) is 3.29. The minimum atomic E-state index is -1.17. The van der Waals surface area contributed by atoms with Gasteiger partial charge in [-0.05, 0) is 42.3 Å². The molecule has 0 spiro atoms. The number of carbonyl (C=O) groups is 1. The molecule has 0 aliphatic carbocycles. The van der Waals surface area contributed by atoms with Gasteiger partial charge in [0, 0.05) is 16.5 Å². The third-order valence-electron chi connectivity index (χ3n) is 4.81. The average Bonchev–Trinajstić information content (AvgIpc) is 2.67. The fourth-order valence-corrected chi connectivity index (χ4v) is 3.42. The van der Waals surface area contributed by atoms with Crippen LogP contribution in [0.3, 0.4) is 0 Å². The molecule has 0 saturated carbocycles. The minimum absolute atomic E-state index is 0.00865. The highest BCUT2D eigenvalue weighted by Gasteiger charge is 2.19. The van der Waals surface area contributed by atoms with Gasteiger partial charge in [0.05, 0.1) is 16.8 Å². The van der Waals surface area contributed by atoms with Crippen LogP contribution in [0.25, 0.3) is 33.3 Å². The number of rotatable bonds is 3. The summed E-state index contributed by atoms with van der Waals surface area (Å²) in [5, 5.41) is 21.1. The summed E-state index contributed by atoms with van der Waals surface area (Å²) < 4.78 is 27.7. The molecule has 29 heavy (non-hydrogen) atoms. The minimum Gasteiger partial charge on any atom is -0.872 e. The zero-order chi connectivity index (χ0) is 20.7. The van der Waals surface area contributed by atoms with Crippen LogP contribution in [0.5, 0.6) is 5.75 Å². The van der Waals surface area contributed by atoms with Gasteiger partial charge < -0.3 is 10.2 Å². The molecule has 0 saturated heterocycles. The summed E-state index contributed by atoms with van der Waals surface area (Å²) in [4.78, 5) is 16.3. The lowest BCUT2D eigenvalue weighted by atomic mass is 9.96. The first-order valence-electron chi connectivity index (χ1n) is 8.75. The van der Waals surface area contributed by atoms with Crippen molar-refractivity contribution in [2.24, 2.45) is 0 Å². The second-order valence-electron chi connectivity index (χ2n) is 6.65. The molecule has 144 valence electrons. The van der Waals surface area contributed by atoms with Crippen LogP contribution in [-0.4, -0.2) is 16.1 Å². The number of nitrogens with zero attached hydrogens (tertiary/aromatic N) is 1. The van der Waals surface area contributed by atoms with Gasteiger partial charge in [0.1, 0.15) is 11.6 Å². The fourth-order valence-electron chi connectivity index (χ4n) is 3.42. The van der Waals surface area contributed by atoms with Crippen molar-refractivity contribution in [2.75, 3.05) is 0 Å². The number of aromatic carboxylic acids is 1. The zero-order valence-corrected chi connectivity index (χ0v) is 15.2. The Bertz CT molecular complexity index is 1270. The van der Waals surface area contributed by atoms with Crippen LogP contribution in [0.15, 0.2) is 60.7 Å². The van der Waals surface area contributed by atoms with Crippen molar-refractivity contribution in [1.82, 2.24) is 4.98 Å². The van der Waals surface area contributed by atoms with Crippen LogP contribution in [-0.2, 0) is 0 Å². The molecule has 0 aliphatic heterocycles. The van der Waals surface area contributed by atoms with Crippen LogP contribution in [0.2, 0.25) is 0 Å². The lowest BCUT2D eigenvalue weighted by Crippen LogP contribution is -2.05. The molecule has 0 unspecified atom stereocenters. The predicted molar refractivity (Wildman–Crippen MR) is 104 cm³/mol. The molecule has 0 amide bonds. The van der Waals surface area contributed by atoms with E-state index in [-0.39, 0.29) is 10.9 Å². The van der Waals surface area contributed by atoms with Gasteiger partial charge in [0.2, 0.25) is 0 Å². The number of aromatic nitrogens is 1. The Labute approximate surface area is 164 Å². The topological polar surface area (TPSA) is 73.2 Å². The Balaban J connectivity index is 1.85. The van der Waals surface area contributed by atoms with E-state index < -0.39 is 23.4 Å². The van der Waals surface area contributed by atoms with Gasteiger partial charge in [-0.15, -0.1) is 5.75 Å². The van der Waals surface area contributed by atoms with E-state index in [4.69, 9.17) is 0 Å². The van der Waals surface area contributed by atoms with Gasteiger partial charge in [0.25, 0.3) is 0 Å². The smallest absolute Gasteiger partial charge is 0.336 e. The molecule has 0 atom stereocenters. The van der Waals surface area contributed by atoms with Crippen LogP contribution in [0.1, 0.15) is 15.9 Å². The van der Waals surface area contributed by atoms with Crippen LogP contribution >= 0.6 is 0 Å². The van der Waals surface area contributed by atoms with E-state index in [1.807, 2.05) is 0 Å². The third-order valence-corrected chi connectivity index (χ3v) is 4.81. The van der Waals surface area contributed by atoms with Gasteiger partial charge >= 0.3 is 5.97 Å². The van der Waals surface area contributed by atoms with E-state index >= 15 is 0 Å². The second kappa shape index (κ2) is 6.98. The van der Waals surface area contributed by atoms with Gasteiger partial charge in [-0.25, -0.2) is 18.6 Å². The van der Waals surface area contributed by atoms with Gasteiger partial charge in [-0.3, -0.25) is 0 Å². The molecule has 0 bridgehead atoms. The quantitative estimate of drug-likeness (QED) is 0.538. The zero-order valence-electron chi connectivity index (χ0n) is 15.2. The number of pyridine rings is 1. The maximum Gasteiger partial charge on any atom is 0.336 e. The molecule has 4 rings (SSSR count). The first kappa shape index (κ1) is 18.6. The molecule has 6 heteroatoms. The number of carboxylic acid groups (broad SMARTS) is 1. The summed E-state index contributed by atoms with van der Waals surface area (Å²) in [5.74, 6) is -2.72. The monoisotopic (exact) mass is 390 g/mol. The van der Waals surface area contributed by atoms with E-state index in [0.717, 1.165) is 12.1 Å². The van der Waals surface area contributed by atoms with Crippen molar-refractivity contribution in [3.05, 3.63) is 83.4 Å². The second-order valence-corrected chi connectivity index (χ2v) is 6.65. The first-order valence-corrected chi connectivity index (χ1v) is 8.75. The molecule has 1 N–H and O–H groups in total. The van der Waals surface area contributed by atoms with Crippen molar-refractivity contribution < 1.29 is 23.8 Å². The molecule has 1 heterocycles. The number of hydrogen-bond acceptors (Lipinski definition) is 3. The standard InChI is InChI=1S/C23H15F2NO3/c1-12-21(23(28)29)18-10-15(24)6-9-20(18)26-22(12)14-4-2-13(3-5-14)17-8-7-16(27)11-19(17)25/h2-11,27H,1H3,(H,28,29)/p-1. The molecule has 4 aromatic rings. The molecule has 3 aromatic carbocycles. The summed E-state index contributed by atoms with van der Waals surface area (Å²) in [6, 6.07) is 14.2. The fraction of sp³-hybridized carbons (Fsp3) is 0.0435. The molecule has 1 aromatic heterocycles. The lowest BCUT2D eigenvalue weighted by molar-refractivity contribution is -0.268. The molecule has 0 aliphatic rings. The Kier molecular flexibility index (Phi) is 4.47.